The molecule has 1 aliphatic heterocycles. The minimum absolute atomic E-state index is 0. The third kappa shape index (κ3) is 4.84. The van der Waals surface area contributed by atoms with Crippen molar-refractivity contribution in [2.24, 2.45) is 4.99 Å². The summed E-state index contributed by atoms with van der Waals surface area (Å²) in [4.78, 5) is 4.41. The Hall–Kier alpha value is -0.490. The molecule has 1 aromatic carbocycles. The van der Waals surface area contributed by atoms with Gasteiger partial charge in [-0.3, -0.25) is 4.99 Å². The molecule has 0 amide bonds. The summed E-state index contributed by atoms with van der Waals surface area (Å²) in [6.45, 7) is 7.15. The lowest BCUT2D eigenvalue weighted by Crippen LogP contribution is -2.45. The zero-order valence-electron chi connectivity index (χ0n) is 11.4. The fraction of sp³-hybridized carbons (Fsp3) is 0.500. The summed E-state index contributed by atoms with van der Waals surface area (Å²) in [5.74, 6) is 0.913. The van der Waals surface area contributed by atoms with Crippen LogP contribution < -0.4 is 10.6 Å². The Morgan fingerprint density at radius 3 is 2.84 bits per heavy atom. The van der Waals surface area contributed by atoms with Crippen molar-refractivity contribution < 1.29 is 0 Å². The van der Waals surface area contributed by atoms with Crippen molar-refractivity contribution in [3.63, 3.8) is 0 Å². The summed E-state index contributed by atoms with van der Waals surface area (Å²) < 4.78 is 0. The second kappa shape index (κ2) is 7.33. The number of hydrogen-bond acceptors (Lipinski definition) is 3. The first-order valence-corrected chi connectivity index (χ1v) is 6.74. The predicted molar refractivity (Wildman–Crippen MR) is 92.8 cm³/mol. The highest BCUT2D eigenvalue weighted by molar-refractivity contribution is 14.0. The molecule has 3 nitrogen and oxygen atoms in total. The molecule has 2 N–H and O–H groups in total. The zero-order valence-corrected chi connectivity index (χ0v) is 14.5. The fourth-order valence-corrected chi connectivity index (χ4v) is 2.16. The van der Waals surface area contributed by atoms with Gasteiger partial charge in [-0.1, -0.05) is 37.6 Å². The van der Waals surface area contributed by atoms with E-state index in [0.29, 0.717) is 0 Å². The Morgan fingerprint density at radius 1 is 1.42 bits per heavy atom. The van der Waals surface area contributed by atoms with Gasteiger partial charge in [0.25, 0.3) is 0 Å². The minimum Gasteiger partial charge on any atom is -0.356 e. The minimum atomic E-state index is 0. The van der Waals surface area contributed by atoms with Gasteiger partial charge in [-0.05, 0) is 24.1 Å². The second-order valence-corrected chi connectivity index (χ2v) is 5.69. The highest BCUT2D eigenvalue weighted by Gasteiger charge is 2.21. The van der Waals surface area contributed by atoms with Crippen LogP contribution in [0.2, 0.25) is 5.02 Å². The van der Waals surface area contributed by atoms with E-state index in [0.717, 1.165) is 37.0 Å². The van der Waals surface area contributed by atoms with E-state index in [1.54, 1.807) is 0 Å². The van der Waals surface area contributed by atoms with Crippen molar-refractivity contribution in [2.45, 2.75) is 25.7 Å². The molecule has 1 aromatic rings. The lowest BCUT2D eigenvalue weighted by molar-refractivity contribution is 0.506. The standard InChI is InChI=1S/C14H20ClN3.HI/c1-14(2,11-5-3-6-12(15)9-11)10-18-13-16-7-4-8-17-13;/h3,5-6,9H,4,7-8,10H2,1-2H3,(H2,16,17,18);1H. The maximum atomic E-state index is 6.04. The maximum Gasteiger partial charge on any atom is 0.191 e. The van der Waals surface area contributed by atoms with Crippen LogP contribution in [-0.4, -0.2) is 25.6 Å². The maximum absolute atomic E-state index is 6.04. The van der Waals surface area contributed by atoms with Crippen LogP contribution in [0.3, 0.4) is 0 Å². The normalized spacial score (nSPS) is 15.0. The Kier molecular flexibility index (Phi) is 6.39. The molecule has 0 unspecified atom stereocenters. The van der Waals surface area contributed by atoms with Crippen LogP contribution in [0, 0.1) is 0 Å². The van der Waals surface area contributed by atoms with E-state index >= 15 is 0 Å². The molecule has 0 spiro atoms. The average Bonchev–Trinajstić information content (AvgIpc) is 2.38. The van der Waals surface area contributed by atoms with Crippen LogP contribution in [-0.2, 0) is 5.41 Å². The van der Waals surface area contributed by atoms with E-state index in [2.05, 4.69) is 35.5 Å². The molecule has 1 aliphatic rings. The first-order chi connectivity index (χ1) is 8.58. The van der Waals surface area contributed by atoms with E-state index in [-0.39, 0.29) is 29.4 Å². The van der Waals surface area contributed by atoms with Crippen molar-refractivity contribution in [3.8, 4) is 0 Å². The summed E-state index contributed by atoms with van der Waals surface area (Å²) in [5.41, 5.74) is 1.26. The molecule has 0 saturated carbocycles. The van der Waals surface area contributed by atoms with Gasteiger partial charge in [0, 0.05) is 30.1 Å². The lowest BCUT2D eigenvalue weighted by Gasteiger charge is -2.27. The number of rotatable bonds is 3. The molecule has 0 radical (unpaired) electrons. The number of nitrogens with one attached hydrogen (secondary N) is 2. The summed E-state index contributed by atoms with van der Waals surface area (Å²) in [7, 11) is 0. The van der Waals surface area contributed by atoms with Crippen LogP contribution in [0.4, 0.5) is 0 Å². The number of guanidine groups is 1. The molecule has 2 rings (SSSR count). The first kappa shape index (κ1) is 16.6. The second-order valence-electron chi connectivity index (χ2n) is 5.26. The Labute approximate surface area is 137 Å². The van der Waals surface area contributed by atoms with E-state index in [1.807, 2.05) is 18.2 Å². The van der Waals surface area contributed by atoms with E-state index in [4.69, 9.17) is 11.6 Å². The van der Waals surface area contributed by atoms with E-state index in [1.165, 1.54) is 5.56 Å². The molecule has 0 aromatic heterocycles. The molecular weight excluding hydrogens is 373 g/mol. The summed E-state index contributed by atoms with van der Waals surface area (Å²) in [6, 6.07) is 8.04. The van der Waals surface area contributed by atoms with Crippen LogP contribution in [0.5, 0.6) is 0 Å². The zero-order chi connectivity index (χ0) is 13.0. The smallest absolute Gasteiger partial charge is 0.191 e. The SMILES string of the molecule is CC(C)(CNC1=NCCCN1)c1cccc(Cl)c1.I. The summed E-state index contributed by atoms with van der Waals surface area (Å²) in [5, 5.41) is 7.43. The highest BCUT2D eigenvalue weighted by Crippen LogP contribution is 2.24. The van der Waals surface area contributed by atoms with Gasteiger partial charge >= 0.3 is 0 Å². The van der Waals surface area contributed by atoms with Crippen LogP contribution in [0.15, 0.2) is 29.3 Å². The molecule has 0 saturated heterocycles. The van der Waals surface area contributed by atoms with E-state index in [9.17, 15) is 0 Å². The van der Waals surface area contributed by atoms with Gasteiger partial charge in [0.05, 0.1) is 0 Å². The Bertz CT molecular complexity index is 446. The largest absolute Gasteiger partial charge is 0.356 e. The van der Waals surface area contributed by atoms with Gasteiger partial charge in [0.2, 0.25) is 0 Å². The molecule has 106 valence electrons. The first-order valence-electron chi connectivity index (χ1n) is 6.36. The van der Waals surface area contributed by atoms with Crippen LogP contribution in [0.1, 0.15) is 25.8 Å². The van der Waals surface area contributed by atoms with Gasteiger partial charge in [0.1, 0.15) is 0 Å². The van der Waals surface area contributed by atoms with Crippen LogP contribution in [0.25, 0.3) is 0 Å². The van der Waals surface area contributed by atoms with Gasteiger partial charge in [-0.15, -0.1) is 24.0 Å². The monoisotopic (exact) mass is 393 g/mol. The molecule has 0 bridgehead atoms. The summed E-state index contributed by atoms with van der Waals surface area (Å²) in [6.07, 6.45) is 1.11. The molecule has 19 heavy (non-hydrogen) atoms. The molecule has 0 atom stereocenters. The van der Waals surface area contributed by atoms with Crippen molar-refractivity contribution in [2.75, 3.05) is 19.6 Å². The molecule has 1 heterocycles. The fourth-order valence-electron chi connectivity index (χ4n) is 1.97. The predicted octanol–water partition coefficient (Wildman–Crippen LogP) is 3.17. The molecule has 5 heteroatoms. The van der Waals surface area contributed by atoms with Crippen LogP contribution >= 0.6 is 35.6 Å². The Morgan fingerprint density at radius 2 is 2.21 bits per heavy atom. The van der Waals surface area contributed by atoms with Crippen molar-refractivity contribution in [3.05, 3.63) is 34.9 Å². The van der Waals surface area contributed by atoms with E-state index < -0.39 is 0 Å². The highest BCUT2D eigenvalue weighted by atomic mass is 127. The molecule has 0 fully saturated rings. The van der Waals surface area contributed by atoms with Gasteiger partial charge in [-0.2, -0.15) is 0 Å². The van der Waals surface area contributed by atoms with Gasteiger partial charge in [-0.25, -0.2) is 0 Å². The number of nitrogens with zero attached hydrogens (tertiary/aromatic N) is 1. The molecular formula is C14H21ClIN3. The number of halogens is 2. The third-order valence-electron chi connectivity index (χ3n) is 3.20. The average molecular weight is 394 g/mol. The number of benzene rings is 1. The number of hydrogen-bond donors (Lipinski definition) is 2. The summed E-state index contributed by atoms with van der Waals surface area (Å²) >= 11 is 6.04. The van der Waals surface area contributed by atoms with Gasteiger partial charge < -0.3 is 10.6 Å². The quantitative estimate of drug-likeness (QED) is 0.774. The lowest BCUT2D eigenvalue weighted by atomic mass is 9.84. The molecule has 0 aliphatic carbocycles. The Balaban J connectivity index is 0.00000180. The third-order valence-corrected chi connectivity index (χ3v) is 3.44. The topological polar surface area (TPSA) is 36.4 Å². The van der Waals surface area contributed by atoms with Gasteiger partial charge in [0.15, 0.2) is 5.96 Å². The van der Waals surface area contributed by atoms with Crippen molar-refractivity contribution >= 4 is 41.5 Å². The van der Waals surface area contributed by atoms with Crippen molar-refractivity contribution in [1.82, 2.24) is 10.6 Å². The van der Waals surface area contributed by atoms with Crippen molar-refractivity contribution in [1.29, 1.82) is 0 Å². The number of aliphatic imine (C=N–C) groups is 1.